The van der Waals surface area contributed by atoms with E-state index < -0.39 is 5.25 Å². The van der Waals surface area contributed by atoms with Gasteiger partial charge in [-0.1, -0.05) is 41.9 Å². The Bertz CT molecular complexity index is 1180. The number of thioether (sulfide) groups is 1. The van der Waals surface area contributed by atoms with Gasteiger partial charge in [-0.25, -0.2) is 0 Å². The fourth-order valence-electron chi connectivity index (χ4n) is 3.88. The van der Waals surface area contributed by atoms with E-state index in [-0.39, 0.29) is 5.91 Å². The summed E-state index contributed by atoms with van der Waals surface area (Å²) in [6.45, 7) is 4.53. The summed E-state index contributed by atoms with van der Waals surface area (Å²) in [5.41, 5.74) is 2.65. The zero-order valence-corrected chi connectivity index (χ0v) is 20.4. The van der Waals surface area contributed by atoms with Crippen molar-refractivity contribution in [3.05, 3.63) is 45.3 Å². The minimum absolute atomic E-state index is 0.141. The maximum Gasteiger partial charge on any atom is 0.238 e. The van der Waals surface area contributed by atoms with E-state index in [9.17, 15) is 10.1 Å². The van der Waals surface area contributed by atoms with Crippen molar-refractivity contribution in [2.75, 3.05) is 5.32 Å². The summed E-state index contributed by atoms with van der Waals surface area (Å²) in [5, 5.41) is 23.0. The predicted octanol–water partition coefficient (Wildman–Crippen LogP) is 5.94. The SMILES string of the molecule is CCn1c(SC(C)C(=O)Nc2sc3c(c2C#N)CCCCC3)nnc1-c1cccc(Cl)c1. The summed E-state index contributed by atoms with van der Waals surface area (Å²) in [6, 6.07) is 9.81. The van der Waals surface area contributed by atoms with Crippen molar-refractivity contribution in [3.8, 4) is 17.5 Å². The number of thiophene rings is 1. The molecule has 9 heteroatoms. The molecule has 166 valence electrons. The molecule has 1 aromatic carbocycles. The van der Waals surface area contributed by atoms with Gasteiger partial charge in [-0.15, -0.1) is 21.5 Å². The minimum Gasteiger partial charge on any atom is -0.316 e. The van der Waals surface area contributed by atoms with Crippen LogP contribution in [0.4, 0.5) is 5.00 Å². The molecule has 0 radical (unpaired) electrons. The first-order valence-electron chi connectivity index (χ1n) is 10.7. The van der Waals surface area contributed by atoms with Crippen LogP contribution in [0.2, 0.25) is 5.02 Å². The highest BCUT2D eigenvalue weighted by atomic mass is 35.5. The van der Waals surface area contributed by atoms with Crippen LogP contribution in [0.1, 0.15) is 49.1 Å². The fraction of sp³-hybridized carbons (Fsp3) is 0.391. The molecule has 0 saturated heterocycles. The van der Waals surface area contributed by atoms with Crippen LogP contribution in [0.5, 0.6) is 0 Å². The number of carbonyl (C=O) groups excluding carboxylic acids is 1. The van der Waals surface area contributed by atoms with Gasteiger partial charge in [-0.05, 0) is 57.2 Å². The summed E-state index contributed by atoms with van der Waals surface area (Å²) < 4.78 is 1.98. The molecule has 0 spiro atoms. The minimum atomic E-state index is -0.398. The third-order valence-electron chi connectivity index (χ3n) is 5.54. The number of carbonyl (C=O) groups is 1. The molecule has 3 aromatic rings. The molecule has 1 atom stereocenters. The van der Waals surface area contributed by atoms with Crippen molar-refractivity contribution in [1.29, 1.82) is 5.26 Å². The molecule has 2 heterocycles. The van der Waals surface area contributed by atoms with Crippen LogP contribution >= 0.6 is 34.7 Å². The largest absolute Gasteiger partial charge is 0.316 e. The monoisotopic (exact) mass is 485 g/mol. The summed E-state index contributed by atoms with van der Waals surface area (Å²) in [7, 11) is 0. The number of nitrogens with zero attached hydrogens (tertiary/aromatic N) is 4. The van der Waals surface area contributed by atoms with E-state index in [0.717, 1.165) is 42.6 Å². The lowest BCUT2D eigenvalue weighted by Crippen LogP contribution is -2.23. The molecular weight excluding hydrogens is 462 g/mol. The number of benzene rings is 1. The molecular formula is C23H24ClN5OS2. The molecule has 0 bridgehead atoms. The molecule has 1 N–H and O–H groups in total. The van der Waals surface area contributed by atoms with Crippen molar-refractivity contribution >= 4 is 45.6 Å². The molecule has 1 aliphatic rings. The molecule has 2 aromatic heterocycles. The second kappa shape index (κ2) is 10.1. The first kappa shape index (κ1) is 22.8. The second-order valence-electron chi connectivity index (χ2n) is 7.69. The average Bonchev–Trinajstić information content (AvgIpc) is 3.25. The van der Waals surface area contributed by atoms with Crippen molar-refractivity contribution < 1.29 is 4.79 Å². The molecule has 6 nitrogen and oxygen atoms in total. The maximum absolute atomic E-state index is 13.0. The maximum atomic E-state index is 13.0. The van der Waals surface area contributed by atoms with Crippen LogP contribution in [0.25, 0.3) is 11.4 Å². The summed E-state index contributed by atoms with van der Waals surface area (Å²) in [5.74, 6) is 0.580. The van der Waals surface area contributed by atoms with Crippen LogP contribution in [-0.2, 0) is 24.2 Å². The average molecular weight is 486 g/mol. The summed E-state index contributed by atoms with van der Waals surface area (Å²) >= 11 is 9.05. The number of hydrogen-bond donors (Lipinski definition) is 1. The highest BCUT2D eigenvalue weighted by Crippen LogP contribution is 2.37. The smallest absolute Gasteiger partial charge is 0.238 e. The standard InChI is InChI=1S/C23H24ClN5OS2/c1-3-29-20(15-8-7-9-16(24)12-15)27-28-23(29)31-14(2)21(30)26-22-18(13-25)17-10-5-4-6-11-19(17)32-22/h7-9,12,14H,3-6,10-11H2,1-2H3,(H,26,30). The van der Waals surface area contributed by atoms with Crippen molar-refractivity contribution in [3.63, 3.8) is 0 Å². The van der Waals surface area contributed by atoms with E-state index in [1.807, 2.05) is 42.7 Å². The predicted molar refractivity (Wildman–Crippen MR) is 130 cm³/mol. The van der Waals surface area contributed by atoms with Crippen LogP contribution in [-0.4, -0.2) is 25.9 Å². The van der Waals surface area contributed by atoms with Gasteiger partial charge in [0, 0.05) is 22.0 Å². The fourth-order valence-corrected chi connectivity index (χ4v) is 6.22. The number of hydrogen-bond acceptors (Lipinski definition) is 6. The normalized spacial score (nSPS) is 14.3. The Labute approximate surface area is 201 Å². The highest BCUT2D eigenvalue weighted by Gasteiger charge is 2.24. The number of amides is 1. The molecule has 1 amide bonds. The molecule has 1 unspecified atom stereocenters. The third kappa shape index (κ3) is 4.70. The number of rotatable bonds is 6. The number of aryl methyl sites for hydroxylation is 1. The molecule has 0 saturated carbocycles. The number of aromatic nitrogens is 3. The lowest BCUT2D eigenvalue weighted by atomic mass is 10.1. The van der Waals surface area contributed by atoms with Crippen LogP contribution < -0.4 is 5.32 Å². The number of nitriles is 1. The third-order valence-corrected chi connectivity index (χ3v) is 8.06. The Balaban J connectivity index is 1.51. The Morgan fingerprint density at radius 2 is 2.16 bits per heavy atom. The van der Waals surface area contributed by atoms with Gasteiger partial charge >= 0.3 is 0 Å². The molecule has 32 heavy (non-hydrogen) atoms. The Kier molecular flexibility index (Phi) is 7.19. The van der Waals surface area contributed by atoms with E-state index in [2.05, 4.69) is 21.6 Å². The first-order chi connectivity index (χ1) is 15.5. The van der Waals surface area contributed by atoms with E-state index in [1.165, 1.54) is 23.1 Å². The van der Waals surface area contributed by atoms with Gasteiger partial charge in [-0.3, -0.25) is 4.79 Å². The van der Waals surface area contributed by atoms with Crippen LogP contribution in [0, 0.1) is 11.3 Å². The number of nitrogens with one attached hydrogen (secondary N) is 1. The van der Waals surface area contributed by atoms with Crippen molar-refractivity contribution in [2.24, 2.45) is 0 Å². The topological polar surface area (TPSA) is 83.6 Å². The molecule has 0 aliphatic heterocycles. The zero-order valence-electron chi connectivity index (χ0n) is 18.0. The van der Waals surface area contributed by atoms with Gasteiger partial charge in [0.2, 0.25) is 5.91 Å². The van der Waals surface area contributed by atoms with Gasteiger partial charge in [0.1, 0.15) is 11.1 Å². The lowest BCUT2D eigenvalue weighted by Gasteiger charge is -2.12. The van der Waals surface area contributed by atoms with Gasteiger partial charge in [0.25, 0.3) is 0 Å². The summed E-state index contributed by atoms with van der Waals surface area (Å²) in [4.78, 5) is 14.2. The van der Waals surface area contributed by atoms with Gasteiger partial charge in [0.15, 0.2) is 11.0 Å². The second-order valence-corrected chi connectivity index (χ2v) is 10.5. The zero-order chi connectivity index (χ0) is 22.7. The van der Waals surface area contributed by atoms with E-state index in [4.69, 9.17) is 11.6 Å². The Hall–Kier alpha value is -2.34. The van der Waals surface area contributed by atoms with Crippen molar-refractivity contribution in [2.45, 2.75) is 62.9 Å². The van der Waals surface area contributed by atoms with Gasteiger partial charge in [0.05, 0.1) is 10.8 Å². The Morgan fingerprint density at radius 3 is 2.91 bits per heavy atom. The molecule has 4 rings (SSSR count). The molecule has 0 fully saturated rings. The molecule has 1 aliphatic carbocycles. The number of fused-ring (bicyclic) bond motifs is 1. The summed E-state index contributed by atoms with van der Waals surface area (Å²) in [6.07, 6.45) is 5.33. The Morgan fingerprint density at radius 1 is 1.34 bits per heavy atom. The van der Waals surface area contributed by atoms with Crippen LogP contribution in [0.15, 0.2) is 29.4 Å². The number of anilines is 1. The van der Waals surface area contributed by atoms with Crippen LogP contribution in [0.3, 0.4) is 0 Å². The number of halogens is 1. The quantitative estimate of drug-likeness (QED) is 0.345. The van der Waals surface area contributed by atoms with E-state index in [1.54, 1.807) is 11.3 Å². The highest BCUT2D eigenvalue weighted by molar-refractivity contribution is 8.00. The van der Waals surface area contributed by atoms with E-state index >= 15 is 0 Å². The lowest BCUT2D eigenvalue weighted by molar-refractivity contribution is -0.115. The van der Waals surface area contributed by atoms with Gasteiger partial charge < -0.3 is 9.88 Å². The van der Waals surface area contributed by atoms with Gasteiger partial charge in [-0.2, -0.15) is 5.26 Å². The van der Waals surface area contributed by atoms with Crippen molar-refractivity contribution in [1.82, 2.24) is 14.8 Å². The van der Waals surface area contributed by atoms with E-state index in [0.29, 0.717) is 27.3 Å². The first-order valence-corrected chi connectivity index (χ1v) is 12.8.